The van der Waals surface area contributed by atoms with E-state index in [0.29, 0.717) is 0 Å². The van der Waals surface area contributed by atoms with Gasteiger partial charge in [-0.3, -0.25) is 14.6 Å². The highest BCUT2D eigenvalue weighted by atomic mass is 16.2. The first-order valence-electron chi connectivity index (χ1n) is 6.92. The van der Waals surface area contributed by atoms with E-state index in [0.717, 1.165) is 12.0 Å². The maximum absolute atomic E-state index is 11.6. The van der Waals surface area contributed by atoms with Gasteiger partial charge in [0.2, 0.25) is 5.82 Å². The summed E-state index contributed by atoms with van der Waals surface area (Å²) in [4.78, 5) is 35.7. The summed E-state index contributed by atoms with van der Waals surface area (Å²) in [6.45, 7) is 1.85. The molecular weight excluding hydrogens is 300 g/mol. The number of amides is 1. The van der Waals surface area contributed by atoms with Crippen molar-refractivity contribution in [1.29, 1.82) is 0 Å². The number of hydrogen-bond donors (Lipinski definition) is 4. The van der Waals surface area contributed by atoms with Crippen molar-refractivity contribution in [2.45, 2.75) is 13.3 Å². The van der Waals surface area contributed by atoms with Crippen LogP contribution in [0.15, 0.2) is 39.0 Å². The summed E-state index contributed by atoms with van der Waals surface area (Å²) in [5, 5.41) is 11.8. The van der Waals surface area contributed by atoms with Gasteiger partial charge in [-0.1, -0.05) is 31.2 Å². The molecule has 0 aliphatic rings. The average molecular weight is 316 g/mol. The maximum atomic E-state index is 11.6. The third kappa shape index (κ3) is 4.92. The van der Waals surface area contributed by atoms with Crippen LogP contribution >= 0.6 is 0 Å². The lowest BCUT2D eigenvalue weighted by molar-refractivity contribution is -0.119. The van der Waals surface area contributed by atoms with Crippen LogP contribution in [0, 0.1) is 0 Å². The molecule has 1 aromatic carbocycles. The lowest BCUT2D eigenvalue weighted by atomic mass is 10.1. The maximum Gasteiger partial charge on any atom is 0.342 e. The number of aromatic nitrogens is 3. The molecule has 120 valence electrons. The zero-order valence-electron chi connectivity index (χ0n) is 12.4. The van der Waals surface area contributed by atoms with Gasteiger partial charge < -0.3 is 5.32 Å². The summed E-state index contributed by atoms with van der Waals surface area (Å²) >= 11 is 0. The monoisotopic (exact) mass is 316 g/mol. The summed E-state index contributed by atoms with van der Waals surface area (Å²) < 4.78 is 0. The van der Waals surface area contributed by atoms with Gasteiger partial charge in [0.05, 0.1) is 12.8 Å². The van der Waals surface area contributed by atoms with Crippen LogP contribution in [0.1, 0.15) is 18.1 Å². The molecule has 0 unspecified atom stereocenters. The summed E-state index contributed by atoms with van der Waals surface area (Å²) in [7, 11) is 0. The Kier molecular flexibility index (Phi) is 5.40. The molecule has 0 aliphatic heterocycles. The summed E-state index contributed by atoms with van der Waals surface area (Å²) in [5.41, 5.74) is 2.96. The Morgan fingerprint density at radius 1 is 1.30 bits per heavy atom. The minimum atomic E-state index is -0.719. The molecule has 2 rings (SSSR count). The van der Waals surface area contributed by atoms with E-state index in [1.165, 1.54) is 11.8 Å². The van der Waals surface area contributed by atoms with Gasteiger partial charge in [-0.15, -0.1) is 5.10 Å². The molecule has 9 heteroatoms. The molecule has 4 N–H and O–H groups in total. The molecule has 1 amide bonds. The zero-order valence-corrected chi connectivity index (χ0v) is 12.4. The van der Waals surface area contributed by atoms with Crippen molar-refractivity contribution in [3.05, 3.63) is 56.2 Å². The van der Waals surface area contributed by atoms with Gasteiger partial charge in [0.1, 0.15) is 0 Å². The van der Waals surface area contributed by atoms with Crippen LogP contribution in [-0.4, -0.2) is 33.8 Å². The third-order valence-electron chi connectivity index (χ3n) is 2.92. The number of carbonyl (C=O) groups is 1. The fourth-order valence-corrected chi connectivity index (χ4v) is 1.69. The van der Waals surface area contributed by atoms with Gasteiger partial charge in [-0.2, -0.15) is 5.10 Å². The van der Waals surface area contributed by atoms with E-state index in [4.69, 9.17) is 0 Å². The second-order valence-electron chi connectivity index (χ2n) is 4.60. The Hall–Kier alpha value is -3.23. The molecule has 0 saturated heterocycles. The standard InChI is InChI=1S/C14H16N6O3/c1-2-9-3-5-10(6-4-9)7-16-18-11(21)8-15-12-13(22)17-14(23)20-19-12/h3-7H,2,8H2,1H3,(H,15,19)(H,18,21)(H2,17,20,22,23). The first kappa shape index (κ1) is 16.1. The second kappa shape index (κ2) is 7.69. The van der Waals surface area contributed by atoms with Crippen molar-refractivity contribution in [1.82, 2.24) is 20.6 Å². The van der Waals surface area contributed by atoms with E-state index < -0.39 is 17.2 Å². The molecule has 0 aliphatic carbocycles. The van der Waals surface area contributed by atoms with E-state index in [-0.39, 0.29) is 12.4 Å². The van der Waals surface area contributed by atoms with E-state index in [9.17, 15) is 14.4 Å². The number of rotatable bonds is 6. The van der Waals surface area contributed by atoms with Crippen molar-refractivity contribution in [2.75, 3.05) is 11.9 Å². The molecule has 0 saturated carbocycles. The van der Waals surface area contributed by atoms with Gasteiger partial charge in [0, 0.05) is 0 Å². The van der Waals surface area contributed by atoms with Gasteiger partial charge in [0.25, 0.3) is 11.5 Å². The number of nitrogens with one attached hydrogen (secondary N) is 4. The Balaban J connectivity index is 1.83. The van der Waals surface area contributed by atoms with Gasteiger partial charge in [-0.25, -0.2) is 15.3 Å². The van der Waals surface area contributed by atoms with Crippen LogP contribution in [-0.2, 0) is 11.2 Å². The molecule has 1 heterocycles. The second-order valence-corrected chi connectivity index (χ2v) is 4.60. The number of nitrogens with zero attached hydrogens (tertiary/aromatic N) is 2. The van der Waals surface area contributed by atoms with Crippen molar-refractivity contribution >= 4 is 17.9 Å². The molecular formula is C14H16N6O3. The molecule has 9 nitrogen and oxygen atoms in total. The number of hydrogen-bond acceptors (Lipinski definition) is 6. The fraction of sp³-hybridized carbons (Fsp3) is 0.214. The highest BCUT2D eigenvalue weighted by molar-refractivity contribution is 5.84. The molecule has 0 atom stereocenters. The Bertz CT molecular complexity index is 806. The highest BCUT2D eigenvalue weighted by Gasteiger charge is 2.04. The number of hydrazone groups is 1. The molecule has 1 aromatic heterocycles. The summed E-state index contributed by atoms with van der Waals surface area (Å²) in [5.74, 6) is -0.613. The number of H-pyrrole nitrogens is 2. The largest absolute Gasteiger partial charge is 0.355 e. The lowest BCUT2D eigenvalue weighted by Crippen LogP contribution is -2.31. The molecule has 2 aromatic rings. The lowest BCUT2D eigenvalue weighted by Gasteiger charge is -2.02. The van der Waals surface area contributed by atoms with E-state index in [2.05, 4.69) is 33.0 Å². The summed E-state index contributed by atoms with van der Waals surface area (Å²) in [6, 6.07) is 7.77. The summed E-state index contributed by atoms with van der Waals surface area (Å²) in [6.07, 6.45) is 2.47. The number of benzene rings is 1. The quantitative estimate of drug-likeness (QED) is 0.424. The predicted molar refractivity (Wildman–Crippen MR) is 85.5 cm³/mol. The van der Waals surface area contributed by atoms with Crippen LogP contribution in [0.25, 0.3) is 0 Å². The normalized spacial score (nSPS) is 10.7. The van der Waals surface area contributed by atoms with Crippen LogP contribution < -0.4 is 22.0 Å². The van der Waals surface area contributed by atoms with Crippen molar-refractivity contribution < 1.29 is 4.79 Å². The predicted octanol–water partition coefficient (Wildman–Crippen LogP) is -0.417. The number of aryl methyl sites for hydroxylation is 1. The minimum absolute atomic E-state index is 0.154. The molecule has 0 radical (unpaired) electrons. The van der Waals surface area contributed by atoms with Gasteiger partial charge in [0.15, 0.2) is 0 Å². The zero-order chi connectivity index (χ0) is 16.7. The fourth-order valence-electron chi connectivity index (χ4n) is 1.69. The van der Waals surface area contributed by atoms with E-state index in [1.807, 2.05) is 29.2 Å². The van der Waals surface area contributed by atoms with Crippen LogP contribution in [0.5, 0.6) is 0 Å². The van der Waals surface area contributed by atoms with Gasteiger partial charge in [-0.05, 0) is 17.5 Å². The minimum Gasteiger partial charge on any atom is -0.355 e. The number of aromatic amines is 2. The molecule has 0 fully saturated rings. The van der Waals surface area contributed by atoms with Crippen LogP contribution in [0.4, 0.5) is 5.82 Å². The van der Waals surface area contributed by atoms with Crippen LogP contribution in [0.3, 0.4) is 0 Å². The van der Waals surface area contributed by atoms with Gasteiger partial charge >= 0.3 is 5.69 Å². The Labute approximate surface area is 130 Å². The van der Waals surface area contributed by atoms with Crippen molar-refractivity contribution in [3.8, 4) is 0 Å². The van der Waals surface area contributed by atoms with Crippen molar-refractivity contribution in [3.63, 3.8) is 0 Å². The van der Waals surface area contributed by atoms with Crippen molar-refractivity contribution in [2.24, 2.45) is 5.10 Å². The van der Waals surface area contributed by atoms with Crippen LogP contribution in [0.2, 0.25) is 0 Å². The number of anilines is 1. The molecule has 0 spiro atoms. The first-order valence-corrected chi connectivity index (χ1v) is 6.92. The topological polar surface area (TPSA) is 132 Å². The van der Waals surface area contributed by atoms with E-state index in [1.54, 1.807) is 0 Å². The molecule has 23 heavy (non-hydrogen) atoms. The van der Waals surface area contributed by atoms with E-state index >= 15 is 0 Å². The first-order chi connectivity index (χ1) is 11.1. The Morgan fingerprint density at radius 3 is 2.70 bits per heavy atom. The molecule has 0 bridgehead atoms. The SMILES string of the molecule is CCc1ccc(C=NNC(=O)CNc2n[nH]c(=O)[nH]c2=O)cc1. The average Bonchev–Trinajstić information content (AvgIpc) is 2.54. The number of carbonyl (C=O) groups excluding carboxylic acids is 1. The third-order valence-corrected chi connectivity index (χ3v) is 2.92. The smallest absolute Gasteiger partial charge is 0.342 e. The highest BCUT2D eigenvalue weighted by Crippen LogP contribution is 2.02. The Morgan fingerprint density at radius 2 is 2.04 bits per heavy atom.